The van der Waals surface area contributed by atoms with E-state index in [4.69, 9.17) is 23.2 Å². The topological polar surface area (TPSA) is 54.9 Å². The number of aromatic nitrogens is 2. The molecule has 0 unspecified atom stereocenters. The van der Waals surface area contributed by atoms with Gasteiger partial charge >= 0.3 is 0 Å². The van der Waals surface area contributed by atoms with Gasteiger partial charge in [-0.05, 0) is 25.1 Å². The molecular formula is C12H10Cl2N2NaO2. The van der Waals surface area contributed by atoms with Gasteiger partial charge in [0, 0.05) is 52.9 Å². The quantitative estimate of drug-likeness (QED) is 0.683. The minimum Gasteiger partial charge on any atom is -0.299 e. The Balaban J connectivity index is 0.00000180. The molecule has 1 N–H and O–H groups in total. The molecule has 0 fully saturated rings. The van der Waals surface area contributed by atoms with Crippen LogP contribution in [0.25, 0.3) is 0 Å². The maximum atomic E-state index is 12.3. The predicted molar refractivity (Wildman–Crippen MR) is 76.4 cm³/mol. The summed E-state index contributed by atoms with van der Waals surface area (Å²) in [5.41, 5.74) is 0.504. The second-order valence-corrected chi connectivity index (χ2v) is 4.77. The first-order valence-electron chi connectivity index (χ1n) is 5.17. The van der Waals surface area contributed by atoms with Gasteiger partial charge in [0.2, 0.25) is 5.78 Å². The molecule has 0 spiro atoms. The predicted octanol–water partition coefficient (Wildman–Crippen LogP) is 2.18. The molecule has 0 bridgehead atoms. The molecule has 0 amide bonds. The molecule has 7 heteroatoms. The Morgan fingerprint density at radius 2 is 1.95 bits per heavy atom. The number of hydrogen-bond donors (Lipinski definition) is 1. The summed E-state index contributed by atoms with van der Waals surface area (Å²) < 4.78 is 1.26. The molecule has 0 aliphatic carbocycles. The number of carbonyl (C=O) groups is 1. The molecular weight excluding hydrogens is 298 g/mol. The van der Waals surface area contributed by atoms with Crippen molar-refractivity contribution in [1.29, 1.82) is 0 Å². The van der Waals surface area contributed by atoms with E-state index in [1.165, 1.54) is 16.8 Å². The van der Waals surface area contributed by atoms with Gasteiger partial charge in [-0.1, -0.05) is 23.2 Å². The largest absolute Gasteiger partial charge is 0.299 e. The number of nitrogens with one attached hydrogen (secondary N) is 1. The van der Waals surface area contributed by atoms with Crippen molar-refractivity contribution in [3.63, 3.8) is 0 Å². The Labute approximate surface area is 142 Å². The molecule has 0 saturated carbocycles. The fraction of sp³-hybridized carbons (Fsp3) is 0.167. The van der Waals surface area contributed by atoms with Crippen molar-refractivity contribution >= 4 is 58.5 Å². The van der Waals surface area contributed by atoms with E-state index in [2.05, 4.69) is 5.10 Å². The monoisotopic (exact) mass is 307 g/mol. The first kappa shape index (κ1) is 16.5. The Morgan fingerprint density at radius 3 is 2.42 bits per heavy atom. The summed E-state index contributed by atoms with van der Waals surface area (Å²) in [6.07, 6.45) is 0. The van der Waals surface area contributed by atoms with Crippen LogP contribution in [0.5, 0.6) is 0 Å². The van der Waals surface area contributed by atoms with E-state index in [1.54, 1.807) is 20.0 Å². The fourth-order valence-corrected chi connectivity index (χ4v) is 2.26. The standard InChI is InChI=1S/C12H10Cl2N2O2.Na/c1-6-10(12(18)16(2)15-6)11(17)8-4-3-7(13)5-9(8)14;/h3-5,15H,1-2H3;. The molecule has 1 aromatic heterocycles. The zero-order valence-corrected chi connectivity index (χ0v) is 14.3. The molecule has 1 heterocycles. The first-order chi connectivity index (χ1) is 8.41. The van der Waals surface area contributed by atoms with Crippen LogP contribution in [-0.4, -0.2) is 45.1 Å². The molecule has 1 radical (unpaired) electrons. The van der Waals surface area contributed by atoms with E-state index in [0.29, 0.717) is 10.7 Å². The Hall–Kier alpha value is -0.520. The number of nitrogens with zero attached hydrogens (tertiary/aromatic N) is 1. The van der Waals surface area contributed by atoms with Crippen molar-refractivity contribution < 1.29 is 4.79 Å². The minimum atomic E-state index is -0.406. The van der Waals surface area contributed by atoms with Gasteiger partial charge in [0.25, 0.3) is 5.56 Å². The van der Waals surface area contributed by atoms with Crippen LogP contribution in [0.2, 0.25) is 10.0 Å². The Kier molecular flexibility index (Phi) is 5.47. The van der Waals surface area contributed by atoms with Gasteiger partial charge in [0.15, 0.2) is 0 Å². The number of carbonyl (C=O) groups excluding carboxylic acids is 1. The number of H-pyrrole nitrogens is 1. The van der Waals surface area contributed by atoms with Crippen molar-refractivity contribution in [1.82, 2.24) is 9.78 Å². The third-order valence-electron chi connectivity index (χ3n) is 2.63. The molecule has 95 valence electrons. The van der Waals surface area contributed by atoms with Crippen LogP contribution in [-0.2, 0) is 7.05 Å². The Morgan fingerprint density at radius 1 is 1.32 bits per heavy atom. The van der Waals surface area contributed by atoms with Crippen LogP contribution >= 0.6 is 23.2 Å². The number of benzene rings is 1. The number of rotatable bonds is 2. The van der Waals surface area contributed by atoms with Crippen molar-refractivity contribution in [3.8, 4) is 0 Å². The SMILES string of the molecule is Cc1[nH]n(C)c(=O)c1C(=O)c1ccc(Cl)cc1Cl.[Na]. The van der Waals surface area contributed by atoms with Gasteiger partial charge in [0.05, 0.1) is 5.02 Å². The van der Waals surface area contributed by atoms with Crippen LogP contribution < -0.4 is 5.56 Å². The average molecular weight is 308 g/mol. The molecule has 19 heavy (non-hydrogen) atoms. The maximum Gasteiger partial charge on any atom is 0.277 e. The summed E-state index contributed by atoms with van der Waals surface area (Å²) in [6.45, 7) is 1.67. The normalized spacial score (nSPS) is 10.1. The van der Waals surface area contributed by atoms with Gasteiger partial charge in [-0.15, -0.1) is 0 Å². The second-order valence-electron chi connectivity index (χ2n) is 3.93. The van der Waals surface area contributed by atoms with Crippen LogP contribution in [0.1, 0.15) is 21.6 Å². The van der Waals surface area contributed by atoms with Crippen molar-refractivity contribution in [2.75, 3.05) is 0 Å². The van der Waals surface area contributed by atoms with Crippen LogP contribution in [0, 0.1) is 6.92 Å². The molecule has 0 aliphatic rings. The van der Waals surface area contributed by atoms with E-state index in [9.17, 15) is 9.59 Å². The number of aromatic amines is 1. The summed E-state index contributed by atoms with van der Waals surface area (Å²) in [4.78, 5) is 24.1. The van der Waals surface area contributed by atoms with Crippen LogP contribution in [0.15, 0.2) is 23.0 Å². The fourth-order valence-electron chi connectivity index (χ4n) is 1.76. The number of halogens is 2. The van der Waals surface area contributed by atoms with Gasteiger partial charge in [-0.2, -0.15) is 0 Å². The number of hydrogen-bond acceptors (Lipinski definition) is 2. The van der Waals surface area contributed by atoms with Crippen molar-refractivity contribution in [3.05, 3.63) is 55.4 Å². The summed E-state index contributed by atoms with van der Waals surface area (Å²) in [5, 5.41) is 3.44. The molecule has 2 rings (SSSR count). The van der Waals surface area contributed by atoms with Gasteiger partial charge < -0.3 is 0 Å². The van der Waals surface area contributed by atoms with Gasteiger partial charge in [0.1, 0.15) is 5.56 Å². The zero-order chi connectivity index (χ0) is 13.4. The van der Waals surface area contributed by atoms with Gasteiger partial charge in [-0.25, -0.2) is 0 Å². The first-order valence-corrected chi connectivity index (χ1v) is 5.92. The second kappa shape index (κ2) is 6.29. The van der Waals surface area contributed by atoms with E-state index in [1.807, 2.05) is 0 Å². The molecule has 2 aromatic rings. The zero-order valence-electron chi connectivity index (χ0n) is 10.8. The van der Waals surface area contributed by atoms with Crippen LogP contribution in [0.3, 0.4) is 0 Å². The Bertz CT molecular complexity index is 692. The molecule has 0 aliphatic heterocycles. The maximum absolute atomic E-state index is 12.3. The summed E-state index contributed by atoms with van der Waals surface area (Å²) >= 11 is 11.7. The smallest absolute Gasteiger partial charge is 0.277 e. The summed E-state index contributed by atoms with van der Waals surface area (Å²) in [7, 11) is 1.55. The minimum absolute atomic E-state index is 0. The number of ketones is 1. The van der Waals surface area contributed by atoms with Crippen molar-refractivity contribution in [2.24, 2.45) is 7.05 Å². The molecule has 4 nitrogen and oxygen atoms in total. The third-order valence-corrected chi connectivity index (χ3v) is 3.18. The van der Waals surface area contributed by atoms with E-state index >= 15 is 0 Å². The van der Waals surface area contributed by atoms with E-state index in [0.717, 1.165) is 0 Å². The third kappa shape index (κ3) is 3.15. The molecule has 0 saturated heterocycles. The van der Waals surface area contributed by atoms with Gasteiger partial charge in [-0.3, -0.25) is 19.4 Å². The molecule has 1 aromatic carbocycles. The van der Waals surface area contributed by atoms with E-state index in [-0.39, 0.29) is 51.3 Å². The van der Waals surface area contributed by atoms with Crippen molar-refractivity contribution in [2.45, 2.75) is 6.92 Å². The summed E-state index contributed by atoms with van der Waals surface area (Å²) in [6, 6.07) is 4.55. The van der Waals surface area contributed by atoms with E-state index < -0.39 is 5.78 Å². The summed E-state index contributed by atoms with van der Waals surface area (Å²) in [5.74, 6) is -0.406. The number of aryl methyl sites for hydroxylation is 2. The molecule has 0 atom stereocenters. The average Bonchev–Trinajstić information content (AvgIpc) is 2.52. The van der Waals surface area contributed by atoms with Crippen LogP contribution in [0.4, 0.5) is 0 Å².